The van der Waals surface area contributed by atoms with Crippen molar-refractivity contribution >= 4 is 17.6 Å². The van der Waals surface area contributed by atoms with Crippen LogP contribution in [0.1, 0.15) is 51.8 Å². The Morgan fingerprint density at radius 2 is 1.61 bits per heavy atom. The van der Waals surface area contributed by atoms with Gasteiger partial charge in [0.15, 0.2) is 5.69 Å². The smallest absolute Gasteiger partial charge is 0.435 e. The van der Waals surface area contributed by atoms with E-state index >= 15 is 0 Å². The summed E-state index contributed by atoms with van der Waals surface area (Å²) in [5.74, 6) is -0.0646. The van der Waals surface area contributed by atoms with Gasteiger partial charge in [0.05, 0.1) is 17.8 Å². The number of aromatic nitrogens is 7. The van der Waals surface area contributed by atoms with Crippen LogP contribution < -0.4 is 16.2 Å². The normalized spacial score (nSPS) is 12.0. The third kappa shape index (κ3) is 9.12. The van der Waals surface area contributed by atoms with Crippen LogP contribution >= 0.6 is 0 Å². The van der Waals surface area contributed by atoms with Crippen LogP contribution in [-0.2, 0) is 29.3 Å². The molecule has 0 atom stereocenters. The largest absolute Gasteiger partial charge is 0.444 e. The summed E-state index contributed by atoms with van der Waals surface area (Å²) >= 11 is 0. The fraction of sp³-hybridized carbons (Fsp3) is 0.464. The molecular weight excluding hydrogens is 583 g/mol. The lowest BCUT2D eigenvalue weighted by molar-refractivity contribution is -0.141. The Morgan fingerprint density at radius 1 is 0.977 bits per heavy atom. The molecule has 0 bridgehead atoms. The van der Waals surface area contributed by atoms with Crippen LogP contribution in [0.5, 0.6) is 0 Å². The van der Waals surface area contributed by atoms with E-state index in [9.17, 15) is 27.6 Å². The number of halogens is 3. The van der Waals surface area contributed by atoms with Gasteiger partial charge in [-0.25, -0.2) is 19.7 Å². The molecule has 4 aromatic heterocycles. The van der Waals surface area contributed by atoms with Gasteiger partial charge < -0.3 is 19.9 Å². The molecule has 238 valence electrons. The van der Waals surface area contributed by atoms with E-state index in [1.807, 2.05) is 13.1 Å². The first-order valence-electron chi connectivity index (χ1n) is 13.5. The number of fused-ring (bicyclic) bond motifs is 1. The number of amides is 2. The summed E-state index contributed by atoms with van der Waals surface area (Å²) in [6, 6.07) is 0.913. The molecule has 0 aromatic carbocycles. The molecule has 4 rings (SSSR count). The number of rotatable bonds is 6. The quantitative estimate of drug-likeness (QED) is 0.333. The maximum absolute atomic E-state index is 13.3. The SMILES string of the molecule is Cc1cnc2c(=O)n(C)ccn12.Cc1ncc(-c2cc(C(F)(F)F)nn2CC(C)(C)NC(=O)CNC(=O)OC(C)(C)C)cn1. The molecule has 2 amide bonds. The highest BCUT2D eigenvalue weighted by molar-refractivity contribution is 5.82. The summed E-state index contributed by atoms with van der Waals surface area (Å²) in [4.78, 5) is 47.4. The first-order chi connectivity index (χ1) is 20.3. The lowest BCUT2D eigenvalue weighted by atomic mass is 10.1. The number of nitrogens with zero attached hydrogens (tertiary/aromatic N) is 7. The molecule has 0 saturated heterocycles. The van der Waals surface area contributed by atoms with Gasteiger partial charge in [-0.3, -0.25) is 18.7 Å². The van der Waals surface area contributed by atoms with Crippen molar-refractivity contribution in [3.63, 3.8) is 0 Å². The molecule has 0 radical (unpaired) electrons. The minimum absolute atomic E-state index is 0.0643. The van der Waals surface area contributed by atoms with Gasteiger partial charge in [0.25, 0.3) is 5.56 Å². The molecule has 0 aliphatic rings. The molecule has 0 spiro atoms. The molecular formula is C28H36F3N9O4. The maximum atomic E-state index is 13.3. The lowest BCUT2D eigenvalue weighted by Crippen LogP contribution is -2.50. The summed E-state index contributed by atoms with van der Waals surface area (Å²) in [5.41, 5.74) is -0.875. The second-order valence-corrected chi connectivity index (χ2v) is 11.7. The first-order valence-corrected chi connectivity index (χ1v) is 13.5. The van der Waals surface area contributed by atoms with Crippen molar-refractivity contribution in [2.75, 3.05) is 6.54 Å². The number of alkyl carbamates (subject to hydrolysis) is 1. The van der Waals surface area contributed by atoms with Crippen molar-refractivity contribution < 1.29 is 27.5 Å². The monoisotopic (exact) mass is 619 g/mol. The Hall–Kier alpha value is -4.76. The van der Waals surface area contributed by atoms with Crippen LogP contribution in [-0.4, -0.2) is 63.4 Å². The van der Waals surface area contributed by atoms with Crippen LogP contribution in [0.2, 0.25) is 0 Å². The molecule has 0 fully saturated rings. The number of nitrogens with one attached hydrogen (secondary N) is 2. The highest BCUT2D eigenvalue weighted by atomic mass is 19.4. The van der Waals surface area contributed by atoms with Crippen LogP contribution in [0.3, 0.4) is 0 Å². The standard InChI is InChI=1S/C20H27F3N6O3.C8H9N3O/c1-12-24-8-13(9-25-12)14-7-15(20(21,22)23)28-29(14)11-19(5,6)27-16(30)10-26-17(31)32-18(2,3)4;1-6-5-9-7-8(12)10(2)3-4-11(6)7/h7-9H,10-11H2,1-6H3,(H,26,31)(H,27,30);3-5H,1-2H3. The van der Waals surface area contributed by atoms with Crippen LogP contribution in [0, 0.1) is 13.8 Å². The van der Waals surface area contributed by atoms with Gasteiger partial charge in [-0.1, -0.05) is 0 Å². The average Bonchev–Trinajstić information content (AvgIpc) is 3.48. The van der Waals surface area contributed by atoms with Gasteiger partial charge in [-0.05, 0) is 54.5 Å². The van der Waals surface area contributed by atoms with Crippen molar-refractivity contribution in [2.24, 2.45) is 7.05 Å². The zero-order chi connectivity index (χ0) is 33.0. The Labute approximate surface area is 251 Å². The van der Waals surface area contributed by atoms with E-state index in [4.69, 9.17) is 4.74 Å². The zero-order valence-electron chi connectivity index (χ0n) is 25.8. The van der Waals surface area contributed by atoms with Crippen molar-refractivity contribution in [3.05, 3.63) is 64.6 Å². The van der Waals surface area contributed by atoms with E-state index < -0.39 is 35.0 Å². The zero-order valence-corrected chi connectivity index (χ0v) is 25.8. The molecule has 4 aromatic rings. The van der Waals surface area contributed by atoms with Gasteiger partial charge in [0.2, 0.25) is 11.6 Å². The maximum Gasteiger partial charge on any atom is 0.435 e. The van der Waals surface area contributed by atoms with E-state index in [1.165, 1.54) is 17.0 Å². The fourth-order valence-electron chi connectivity index (χ4n) is 3.92. The predicted octanol–water partition coefficient (Wildman–Crippen LogP) is 3.43. The topological polar surface area (TPSA) is 150 Å². The van der Waals surface area contributed by atoms with E-state index in [2.05, 4.69) is 30.7 Å². The number of imidazole rings is 1. The van der Waals surface area contributed by atoms with Gasteiger partial charge in [0, 0.05) is 49.3 Å². The summed E-state index contributed by atoms with van der Waals surface area (Å²) in [6.07, 6.45) is 2.67. The Bertz CT molecular complexity index is 1680. The molecule has 13 nitrogen and oxygen atoms in total. The molecule has 0 saturated carbocycles. The van der Waals surface area contributed by atoms with Gasteiger partial charge in [0.1, 0.15) is 18.0 Å². The summed E-state index contributed by atoms with van der Waals surface area (Å²) in [6.45, 7) is 11.5. The minimum Gasteiger partial charge on any atom is -0.444 e. The highest BCUT2D eigenvalue weighted by Crippen LogP contribution is 2.32. The number of carbonyl (C=O) groups is 2. The van der Waals surface area contributed by atoms with Gasteiger partial charge in [-0.15, -0.1) is 0 Å². The molecule has 44 heavy (non-hydrogen) atoms. The first kappa shape index (κ1) is 33.7. The predicted molar refractivity (Wildman–Crippen MR) is 155 cm³/mol. The van der Waals surface area contributed by atoms with Gasteiger partial charge >= 0.3 is 12.3 Å². The molecule has 16 heteroatoms. The van der Waals surface area contributed by atoms with E-state index in [0.717, 1.165) is 16.4 Å². The van der Waals surface area contributed by atoms with E-state index in [1.54, 1.807) is 65.4 Å². The second kappa shape index (κ2) is 12.9. The molecule has 4 heterocycles. The number of carbonyl (C=O) groups excluding carboxylic acids is 2. The third-order valence-electron chi connectivity index (χ3n) is 5.89. The summed E-state index contributed by atoms with van der Waals surface area (Å²) in [5, 5.41) is 8.69. The number of hydrogen-bond acceptors (Lipinski definition) is 8. The Morgan fingerprint density at radius 3 is 2.20 bits per heavy atom. The lowest BCUT2D eigenvalue weighted by Gasteiger charge is -2.27. The highest BCUT2D eigenvalue weighted by Gasteiger charge is 2.36. The Balaban J connectivity index is 0.000000363. The number of ether oxygens (including phenoxy) is 1. The van der Waals surface area contributed by atoms with E-state index in [-0.39, 0.29) is 24.3 Å². The Kier molecular flexibility index (Phi) is 9.85. The molecule has 0 unspecified atom stereocenters. The van der Waals surface area contributed by atoms with Crippen molar-refractivity contribution in [2.45, 2.75) is 72.3 Å². The third-order valence-corrected chi connectivity index (χ3v) is 5.89. The minimum atomic E-state index is -4.64. The van der Waals surface area contributed by atoms with Crippen molar-refractivity contribution in [1.29, 1.82) is 0 Å². The van der Waals surface area contributed by atoms with E-state index in [0.29, 0.717) is 17.0 Å². The summed E-state index contributed by atoms with van der Waals surface area (Å²) < 4.78 is 49.3. The summed E-state index contributed by atoms with van der Waals surface area (Å²) in [7, 11) is 1.71. The fourth-order valence-corrected chi connectivity index (χ4v) is 3.92. The van der Waals surface area contributed by atoms with Gasteiger partial charge in [-0.2, -0.15) is 18.3 Å². The molecule has 0 aliphatic carbocycles. The van der Waals surface area contributed by atoms with Crippen molar-refractivity contribution in [1.82, 2.24) is 44.3 Å². The number of aryl methyl sites for hydroxylation is 3. The van der Waals surface area contributed by atoms with Crippen LogP contribution in [0.25, 0.3) is 16.9 Å². The average molecular weight is 620 g/mol. The molecule has 0 aliphatic heterocycles. The molecule has 2 N–H and O–H groups in total. The number of hydrogen-bond donors (Lipinski definition) is 2. The number of alkyl halides is 3. The van der Waals surface area contributed by atoms with Crippen LogP contribution in [0.15, 0.2) is 41.8 Å². The van der Waals surface area contributed by atoms with Crippen molar-refractivity contribution in [3.8, 4) is 11.3 Å². The van der Waals surface area contributed by atoms with Crippen LogP contribution in [0.4, 0.5) is 18.0 Å². The second-order valence-electron chi connectivity index (χ2n) is 11.7.